The van der Waals surface area contributed by atoms with Gasteiger partial charge >= 0.3 is 6.18 Å². The second-order valence-corrected chi connectivity index (χ2v) is 10.9. The van der Waals surface area contributed by atoms with E-state index in [1.165, 1.54) is 12.1 Å². The SMILES string of the molecule is CS(=O)(=O)c1ccc(Nc2cccn3c(C4CCN(c5ncc(C(F)(F)F)cn5)CC4)cnc23)c(F)c1. The molecule has 0 unspecified atom stereocenters. The van der Waals surface area contributed by atoms with E-state index in [2.05, 4.69) is 20.3 Å². The largest absolute Gasteiger partial charge is 0.419 e. The minimum absolute atomic E-state index is 0.107. The van der Waals surface area contributed by atoms with Gasteiger partial charge in [0.2, 0.25) is 5.95 Å². The quantitative estimate of drug-likeness (QED) is 0.367. The molecule has 1 saturated heterocycles. The molecule has 194 valence electrons. The molecule has 13 heteroatoms. The summed E-state index contributed by atoms with van der Waals surface area (Å²) in [7, 11) is -3.53. The third-order valence-electron chi connectivity index (χ3n) is 6.36. The number of hydrogen-bond donors (Lipinski definition) is 1. The number of fused-ring (bicyclic) bond motifs is 1. The van der Waals surface area contributed by atoms with Gasteiger partial charge in [0.05, 0.1) is 21.8 Å². The van der Waals surface area contributed by atoms with E-state index in [0.29, 0.717) is 24.4 Å². The maximum absolute atomic E-state index is 14.6. The molecule has 0 atom stereocenters. The summed E-state index contributed by atoms with van der Waals surface area (Å²) in [6.07, 6.45) is 3.19. The number of sulfone groups is 1. The normalized spacial score (nSPS) is 15.3. The summed E-state index contributed by atoms with van der Waals surface area (Å²) in [5, 5.41) is 3.00. The summed E-state index contributed by atoms with van der Waals surface area (Å²) in [6, 6.07) is 7.24. The van der Waals surface area contributed by atoms with Gasteiger partial charge in [-0.3, -0.25) is 0 Å². The maximum Gasteiger partial charge on any atom is 0.419 e. The average molecular weight is 535 g/mol. The molecule has 1 aliphatic rings. The number of piperidine rings is 1. The first-order valence-electron chi connectivity index (χ1n) is 11.4. The second-order valence-electron chi connectivity index (χ2n) is 8.87. The van der Waals surface area contributed by atoms with E-state index in [-0.39, 0.29) is 22.4 Å². The van der Waals surface area contributed by atoms with Crippen LogP contribution in [0, 0.1) is 5.82 Å². The highest BCUT2D eigenvalue weighted by Gasteiger charge is 2.32. The summed E-state index contributed by atoms with van der Waals surface area (Å²) >= 11 is 0. The van der Waals surface area contributed by atoms with E-state index in [1.807, 2.05) is 15.5 Å². The van der Waals surface area contributed by atoms with E-state index in [9.17, 15) is 26.0 Å². The molecule has 0 aliphatic carbocycles. The van der Waals surface area contributed by atoms with Crippen LogP contribution in [0.3, 0.4) is 0 Å². The highest BCUT2D eigenvalue weighted by Crippen LogP contribution is 2.33. The van der Waals surface area contributed by atoms with Gasteiger partial charge in [0.25, 0.3) is 0 Å². The Labute approximate surface area is 209 Å². The molecule has 5 rings (SSSR count). The van der Waals surface area contributed by atoms with Crippen molar-refractivity contribution < 1.29 is 26.0 Å². The molecule has 1 fully saturated rings. The van der Waals surface area contributed by atoms with Crippen LogP contribution in [-0.2, 0) is 16.0 Å². The third-order valence-corrected chi connectivity index (χ3v) is 7.47. The van der Waals surface area contributed by atoms with E-state index in [0.717, 1.165) is 43.3 Å². The molecule has 0 spiro atoms. The van der Waals surface area contributed by atoms with E-state index < -0.39 is 27.4 Å². The monoisotopic (exact) mass is 534 g/mol. The Morgan fingerprint density at radius 1 is 1.00 bits per heavy atom. The predicted molar refractivity (Wildman–Crippen MR) is 129 cm³/mol. The van der Waals surface area contributed by atoms with Gasteiger partial charge in [-0.1, -0.05) is 0 Å². The molecule has 3 aromatic heterocycles. The highest BCUT2D eigenvalue weighted by molar-refractivity contribution is 7.90. The van der Waals surface area contributed by atoms with Crippen LogP contribution in [0.15, 0.2) is 60.0 Å². The number of rotatable bonds is 5. The van der Waals surface area contributed by atoms with E-state index >= 15 is 0 Å². The van der Waals surface area contributed by atoms with Crippen LogP contribution >= 0.6 is 0 Å². The number of anilines is 3. The molecule has 1 N–H and O–H groups in total. The van der Waals surface area contributed by atoms with Crippen LogP contribution in [-0.4, -0.2) is 47.1 Å². The molecule has 1 aromatic carbocycles. The predicted octanol–water partition coefficient (Wildman–Crippen LogP) is 4.81. The van der Waals surface area contributed by atoms with Gasteiger partial charge in [-0.25, -0.2) is 27.8 Å². The Morgan fingerprint density at radius 2 is 1.70 bits per heavy atom. The number of aromatic nitrogens is 4. The number of nitrogens with one attached hydrogen (secondary N) is 1. The highest BCUT2D eigenvalue weighted by atomic mass is 32.2. The zero-order valence-corrected chi connectivity index (χ0v) is 20.4. The number of nitrogens with zero attached hydrogens (tertiary/aromatic N) is 5. The van der Waals surface area contributed by atoms with E-state index in [4.69, 9.17) is 0 Å². The van der Waals surface area contributed by atoms with Crippen LogP contribution in [0.5, 0.6) is 0 Å². The third kappa shape index (κ3) is 5.08. The summed E-state index contributed by atoms with van der Waals surface area (Å²) < 4.78 is 78.2. The Balaban J connectivity index is 1.32. The van der Waals surface area contributed by atoms with Crippen molar-refractivity contribution in [2.75, 3.05) is 29.6 Å². The first-order chi connectivity index (χ1) is 17.5. The Kier molecular flexibility index (Phi) is 6.26. The molecule has 1 aliphatic heterocycles. The molecule has 37 heavy (non-hydrogen) atoms. The lowest BCUT2D eigenvalue weighted by atomic mass is 9.94. The number of alkyl halides is 3. The molecule has 0 radical (unpaired) electrons. The van der Waals surface area contributed by atoms with Crippen LogP contribution in [0.2, 0.25) is 0 Å². The van der Waals surface area contributed by atoms with Crippen molar-refractivity contribution >= 4 is 32.8 Å². The fraction of sp³-hybridized carbons (Fsp3) is 0.292. The smallest absolute Gasteiger partial charge is 0.350 e. The molecule has 0 amide bonds. The Hall–Kier alpha value is -3.74. The van der Waals surface area contributed by atoms with Crippen molar-refractivity contribution in [3.63, 3.8) is 0 Å². The fourth-order valence-electron chi connectivity index (χ4n) is 4.41. The summed E-state index contributed by atoms with van der Waals surface area (Å²) in [5.74, 6) is -0.295. The number of halogens is 4. The number of hydrogen-bond acceptors (Lipinski definition) is 7. The average Bonchev–Trinajstić information content (AvgIpc) is 3.29. The van der Waals surface area contributed by atoms with Gasteiger partial charge in [-0.15, -0.1) is 0 Å². The Morgan fingerprint density at radius 3 is 2.32 bits per heavy atom. The van der Waals surface area contributed by atoms with Crippen molar-refractivity contribution in [1.29, 1.82) is 0 Å². The molecular weight excluding hydrogens is 512 g/mol. The lowest BCUT2D eigenvalue weighted by molar-refractivity contribution is -0.138. The maximum atomic E-state index is 14.6. The number of imidazole rings is 1. The van der Waals surface area contributed by atoms with Crippen LogP contribution in [0.4, 0.5) is 34.9 Å². The number of benzene rings is 1. The van der Waals surface area contributed by atoms with Crippen molar-refractivity contribution in [2.24, 2.45) is 0 Å². The fourth-order valence-corrected chi connectivity index (χ4v) is 5.04. The van der Waals surface area contributed by atoms with Crippen LogP contribution < -0.4 is 10.2 Å². The zero-order chi connectivity index (χ0) is 26.4. The van der Waals surface area contributed by atoms with Gasteiger partial charge in [-0.05, 0) is 43.2 Å². The summed E-state index contributed by atoms with van der Waals surface area (Å²) in [5.41, 5.74) is 1.33. The van der Waals surface area contributed by atoms with Gasteiger partial charge in [0, 0.05) is 55.7 Å². The van der Waals surface area contributed by atoms with Crippen molar-refractivity contribution in [3.8, 4) is 0 Å². The summed E-state index contributed by atoms with van der Waals surface area (Å²) in [6.45, 7) is 1.14. The van der Waals surface area contributed by atoms with E-state index in [1.54, 1.807) is 18.3 Å². The lowest BCUT2D eigenvalue weighted by Crippen LogP contribution is -2.34. The van der Waals surface area contributed by atoms with Crippen molar-refractivity contribution in [3.05, 3.63) is 72.2 Å². The summed E-state index contributed by atoms with van der Waals surface area (Å²) in [4.78, 5) is 14.1. The topological polar surface area (TPSA) is 92.5 Å². The van der Waals surface area contributed by atoms with Crippen molar-refractivity contribution in [1.82, 2.24) is 19.4 Å². The van der Waals surface area contributed by atoms with Gasteiger partial charge < -0.3 is 14.6 Å². The number of pyridine rings is 1. The molecule has 4 heterocycles. The minimum Gasteiger partial charge on any atom is -0.350 e. The molecule has 0 bridgehead atoms. The molecule has 8 nitrogen and oxygen atoms in total. The van der Waals surface area contributed by atoms with Crippen LogP contribution in [0.25, 0.3) is 5.65 Å². The standard InChI is InChI=1S/C24H22F4N6O2S/c1-37(35,36)17-4-5-19(18(25)11-17)32-20-3-2-8-34-21(14-29-22(20)34)15-6-9-33(10-7-15)23-30-12-16(13-31-23)24(26,27)28/h2-5,8,11-15,32H,6-7,9-10H2,1H3. The minimum atomic E-state index is -4.48. The van der Waals surface area contributed by atoms with Crippen LogP contribution in [0.1, 0.15) is 30.0 Å². The van der Waals surface area contributed by atoms with Crippen molar-refractivity contribution in [2.45, 2.75) is 29.8 Å². The molecule has 0 saturated carbocycles. The first-order valence-corrected chi connectivity index (χ1v) is 13.3. The van der Waals surface area contributed by atoms with Gasteiger partial charge in [-0.2, -0.15) is 13.2 Å². The van der Waals surface area contributed by atoms with Gasteiger partial charge in [0.1, 0.15) is 5.82 Å². The first kappa shape index (κ1) is 24.9. The Bertz CT molecular complexity index is 1550. The zero-order valence-electron chi connectivity index (χ0n) is 19.6. The molecule has 4 aromatic rings. The second kappa shape index (κ2) is 9.29. The van der Waals surface area contributed by atoms with Gasteiger partial charge in [0.15, 0.2) is 15.5 Å². The molecular formula is C24H22F4N6O2S. The lowest BCUT2D eigenvalue weighted by Gasteiger charge is -2.31.